The van der Waals surface area contributed by atoms with E-state index in [1.165, 1.54) is 11.0 Å². The van der Waals surface area contributed by atoms with E-state index < -0.39 is 20.5 Å². The lowest BCUT2D eigenvalue weighted by molar-refractivity contribution is -0.146. The lowest BCUT2D eigenvalue weighted by Gasteiger charge is -2.51. The van der Waals surface area contributed by atoms with Gasteiger partial charge in [-0.1, -0.05) is 39.8 Å². The van der Waals surface area contributed by atoms with Crippen molar-refractivity contribution in [1.29, 1.82) is 0 Å². The van der Waals surface area contributed by atoms with Crippen LogP contribution in [0.4, 0.5) is 4.79 Å². The Labute approximate surface area is 182 Å². The molecule has 2 rings (SSSR count). The molecule has 0 bridgehead atoms. The molecule has 30 heavy (non-hydrogen) atoms. The zero-order valence-corrected chi connectivity index (χ0v) is 20.6. The average molecular weight is 441 g/mol. The molecule has 0 unspecified atom stereocenters. The van der Waals surface area contributed by atoms with Crippen molar-refractivity contribution in [2.75, 3.05) is 13.7 Å². The van der Waals surface area contributed by atoms with Crippen molar-refractivity contribution in [3.05, 3.63) is 12.7 Å². The highest BCUT2D eigenvalue weighted by atomic mass is 28.4. The van der Waals surface area contributed by atoms with Crippen LogP contribution in [0.2, 0.25) is 18.1 Å². The van der Waals surface area contributed by atoms with E-state index in [0.717, 1.165) is 12.8 Å². The summed E-state index contributed by atoms with van der Waals surface area (Å²) < 4.78 is 11.6. The largest absolute Gasteiger partial charge is 0.445 e. The number of amides is 2. The summed E-state index contributed by atoms with van der Waals surface area (Å²) in [6, 6.07) is -0.483. The number of carbonyl (C=O) groups excluding carboxylic acids is 2. The van der Waals surface area contributed by atoms with E-state index in [4.69, 9.17) is 9.16 Å². The van der Waals surface area contributed by atoms with Gasteiger partial charge in [-0.2, -0.15) is 0 Å². The predicted octanol–water partition coefficient (Wildman–Crippen LogP) is 3.30. The first-order chi connectivity index (χ1) is 13.8. The van der Waals surface area contributed by atoms with Crippen LogP contribution in [-0.4, -0.2) is 68.3 Å². The van der Waals surface area contributed by atoms with Gasteiger partial charge in [0.1, 0.15) is 6.61 Å². The molecule has 2 fully saturated rings. The number of ether oxygens (including phenoxy) is 1. The van der Waals surface area contributed by atoms with Gasteiger partial charge in [0.25, 0.3) is 0 Å². The van der Waals surface area contributed by atoms with Crippen molar-refractivity contribution in [3.8, 4) is 0 Å². The summed E-state index contributed by atoms with van der Waals surface area (Å²) in [5, 5.41) is 14.2. The molecule has 172 valence electrons. The van der Waals surface area contributed by atoms with Crippen molar-refractivity contribution in [3.63, 3.8) is 0 Å². The van der Waals surface area contributed by atoms with Crippen molar-refractivity contribution in [2.24, 2.45) is 11.8 Å². The normalized spacial score (nSPS) is 30.7. The highest BCUT2D eigenvalue weighted by Gasteiger charge is 2.53. The smallest absolute Gasteiger partial charge is 0.410 e. The molecule has 7 nitrogen and oxygen atoms in total. The van der Waals surface area contributed by atoms with Crippen LogP contribution in [-0.2, 0) is 14.0 Å². The van der Waals surface area contributed by atoms with Crippen LogP contribution >= 0.6 is 0 Å². The van der Waals surface area contributed by atoms with Crippen molar-refractivity contribution < 1.29 is 23.9 Å². The second kappa shape index (κ2) is 9.40. The maximum atomic E-state index is 12.5. The van der Waals surface area contributed by atoms with E-state index in [1.54, 1.807) is 7.05 Å². The van der Waals surface area contributed by atoms with Gasteiger partial charge in [0.05, 0.1) is 24.2 Å². The van der Waals surface area contributed by atoms with E-state index in [0.29, 0.717) is 6.42 Å². The average Bonchev–Trinajstić information content (AvgIpc) is 2.62. The second-order valence-corrected chi connectivity index (χ2v) is 15.0. The van der Waals surface area contributed by atoms with Crippen LogP contribution in [0.1, 0.15) is 47.0 Å². The number of nitrogens with zero attached hydrogens (tertiary/aromatic N) is 1. The Kier molecular flexibility index (Phi) is 7.80. The summed E-state index contributed by atoms with van der Waals surface area (Å²) in [7, 11) is -0.364. The first-order valence-electron chi connectivity index (χ1n) is 11.0. The summed E-state index contributed by atoms with van der Waals surface area (Å²) >= 11 is 0. The van der Waals surface area contributed by atoms with Crippen LogP contribution in [0.25, 0.3) is 0 Å². The van der Waals surface area contributed by atoms with Crippen LogP contribution < -0.4 is 5.32 Å². The quantitative estimate of drug-likeness (QED) is 0.360. The molecule has 1 saturated heterocycles. The number of aliphatic hydroxyl groups is 1. The summed E-state index contributed by atoms with van der Waals surface area (Å²) in [6.45, 7) is 16.6. The van der Waals surface area contributed by atoms with E-state index in [1.807, 2.05) is 6.92 Å². The molecule has 0 aromatic carbocycles. The molecule has 8 heteroatoms. The lowest BCUT2D eigenvalue weighted by Crippen LogP contribution is -2.69. The molecular weight excluding hydrogens is 400 g/mol. The zero-order valence-electron chi connectivity index (χ0n) is 19.6. The fourth-order valence-corrected chi connectivity index (χ4v) is 5.81. The van der Waals surface area contributed by atoms with E-state index in [2.05, 4.69) is 45.8 Å². The molecule has 1 aliphatic carbocycles. The van der Waals surface area contributed by atoms with Crippen LogP contribution in [0.15, 0.2) is 12.7 Å². The number of carbonyl (C=O) groups is 2. The highest BCUT2D eigenvalue weighted by molar-refractivity contribution is 6.74. The summed E-state index contributed by atoms with van der Waals surface area (Å²) in [5.41, 5.74) is 0. The van der Waals surface area contributed by atoms with Gasteiger partial charge < -0.3 is 24.5 Å². The number of likely N-dealkylation sites (N-methyl/N-ethyl adjacent to an activating group) is 1. The highest BCUT2D eigenvalue weighted by Crippen LogP contribution is 2.41. The Bertz CT molecular complexity index is 648. The van der Waals surface area contributed by atoms with Gasteiger partial charge in [0.2, 0.25) is 5.91 Å². The minimum absolute atomic E-state index is 0.0146. The van der Waals surface area contributed by atoms with Crippen molar-refractivity contribution >= 4 is 20.3 Å². The SMILES string of the molecule is C=CCOC(=O)N(C)[C@H]1CCC[C@H]([C@H]2NC(=O)[C@@H]2[C@@H](C)O[Si](C)(C)C(C)(C)C)[C@@H]1O. The Morgan fingerprint density at radius 2 is 2.03 bits per heavy atom. The third-order valence-electron chi connectivity index (χ3n) is 7.23. The number of aliphatic hydroxyl groups excluding tert-OH is 1. The second-order valence-electron chi connectivity index (χ2n) is 10.3. The zero-order chi connectivity index (χ0) is 22.9. The monoisotopic (exact) mass is 440 g/mol. The molecule has 1 saturated carbocycles. The third-order valence-corrected chi connectivity index (χ3v) is 11.8. The Balaban J connectivity index is 2.09. The van der Waals surface area contributed by atoms with Crippen molar-refractivity contribution in [2.45, 2.75) is 89.4 Å². The first kappa shape index (κ1) is 24.9. The standard InChI is InChI=1S/C22H40N2O5Si/c1-9-13-28-21(27)24(6)16-12-10-11-15(19(16)25)18-17(20(26)23-18)14(2)29-30(7,8)22(3,4)5/h9,14-19,25H,1,10-13H2,2-8H3,(H,23,26)/t14-,15-,16+,17-,18-,19+/m1/s1. The van der Waals surface area contributed by atoms with Crippen molar-refractivity contribution in [1.82, 2.24) is 10.2 Å². The van der Waals surface area contributed by atoms with E-state index in [-0.39, 0.29) is 47.6 Å². The molecule has 2 amide bonds. The Hall–Kier alpha value is -1.38. The van der Waals surface area contributed by atoms with E-state index in [9.17, 15) is 14.7 Å². The van der Waals surface area contributed by atoms with Gasteiger partial charge in [0, 0.05) is 19.0 Å². The molecule has 1 heterocycles. The van der Waals surface area contributed by atoms with Gasteiger partial charge in [-0.15, -0.1) is 0 Å². The number of nitrogens with one attached hydrogen (secondary N) is 1. The molecule has 0 aromatic rings. The lowest BCUT2D eigenvalue weighted by atomic mass is 9.69. The topological polar surface area (TPSA) is 88.1 Å². The molecule has 0 spiro atoms. The molecule has 0 aromatic heterocycles. The maximum Gasteiger partial charge on any atom is 0.410 e. The molecule has 6 atom stereocenters. The number of rotatable bonds is 7. The van der Waals surface area contributed by atoms with Gasteiger partial charge in [0.15, 0.2) is 8.32 Å². The minimum atomic E-state index is -2.02. The molecule has 0 radical (unpaired) electrons. The summed E-state index contributed by atoms with van der Waals surface area (Å²) in [4.78, 5) is 26.2. The fraction of sp³-hybridized carbons (Fsp3) is 0.818. The van der Waals surface area contributed by atoms with Gasteiger partial charge in [-0.25, -0.2) is 4.79 Å². The van der Waals surface area contributed by atoms with E-state index >= 15 is 0 Å². The number of β-lactam (4-membered cyclic amide) rings is 1. The number of hydrogen-bond donors (Lipinski definition) is 2. The molecular formula is C22H40N2O5Si. The third kappa shape index (κ3) is 5.08. The van der Waals surface area contributed by atoms with Gasteiger partial charge in [-0.3, -0.25) is 4.79 Å². The first-order valence-corrected chi connectivity index (χ1v) is 13.9. The van der Waals surface area contributed by atoms with Crippen LogP contribution in [0.5, 0.6) is 0 Å². The number of hydrogen-bond acceptors (Lipinski definition) is 5. The van der Waals surface area contributed by atoms with Crippen LogP contribution in [0.3, 0.4) is 0 Å². The van der Waals surface area contributed by atoms with Crippen LogP contribution in [0, 0.1) is 11.8 Å². The Morgan fingerprint density at radius 3 is 2.57 bits per heavy atom. The fourth-order valence-electron chi connectivity index (χ4n) is 4.38. The minimum Gasteiger partial charge on any atom is -0.445 e. The molecule has 2 aliphatic rings. The summed E-state index contributed by atoms with van der Waals surface area (Å²) in [5.74, 6) is -0.415. The summed E-state index contributed by atoms with van der Waals surface area (Å²) in [6.07, 6.45) is 2.50. The van der Waals surface area contributed by atoms with Gasteiger partial charge >= 0.3 is 6.09 Å². The maximum absolute atomic E-state index is 12.5. The Morgan fingerprint density at radius 1 is 1.40 bits per heavy atom. The predicted molar refractivity (Wildman–Crippen MR) is 120 cm³/mol. The molecule has 2 N–H and O–H groups in total. The molecule has 1 aliphatic heterocycles. The van der Waals surface area contributed by atoms with Gasteiger partial charge in [-0.05, 0) is 37.9 Å².